The molecule has 0 radical (unpaired) electrons. The second-order valence-corrected chi connectivity index (χ2v) is 8.45. The SMILES string of the molecule is CC1CN(Cc2cccc(NC(=O)C3CCCCC3(C)N)c2)CC(C)O1.Cl.Cl. The van der Waals surface area contributed by atoms with Crippen LogP contribution in [0.5, 0.6) is 0 Å². The quantitative estimate of drug-likeness (QED) is 0.755. The molecule has 28 heavy (non-hydrogen) atoms. The van der Waals surface area contributed by atoms with Crippen LogP contribution in [0.25, 0.3) is 0 Å². The van der Waals surface area contributed by atoms with E-state index in [4.69, 9.17) is 10.5 Å². The number of hydrogen-bond acceptors (Lipinski definition) is 4. The number of nitrogens with two attached hydrogens (primary N) is 1. The molecule has 2 aliphatic rings. The molecular weight excluding hydrogens is 397 g/mol. The third-order valence-corrected chi connectivity index (χ3v) is 5.67. The molecule has 1 saturated carbocycles. The van der Waals surface area contributed by atoms with Gasteiger partial charge in [0.2, 0.25) is 5.91 Å². The number of anilines is 1. The van der Waals surface area contributed by atoms with E-state index in [1.807, 2.05) is 19.1 Å². The van der Waals surface area contributed by atoms with Crippen molar-refractivity contribution in [2.45, 2.75) is 70.7 Å². The first-order valence-electron chi connectivity index (χ1n) is 9.90. The van der Waals surface area contributed by atoms with Crippen LogP contribution in [0.1, 0.15) is 52.0 Å². The smallest absolute Gasteiger partial charge is 0.229 e. The maximum atomic E-state index is 12.8. The maximum absolute atomic E-state index is 12.8. The molecule has 4 atom stereocenters. The standard InChI is InChI=1S/C21H33N3O2.2ClH/c1-15-12-24(13-16(2)26-15)14-17-7-6-8-18(11-17)23-20(25)19-9-4-5-10-21(19,3)22;;/h6-8,11,15-16,19H,4-5,9-10,12-14,22H2,1-3H3,(H,23,25);2*1H. The normalized spacial score (nSPS) is 30.6. The predicted molar refractivity (Wildman–Crippen MR) is 119 cm³/mol. The largest absolute Gasteiger partial charge is 0.373 e. The molecule has 4 unspecified atom stereocenters. The number of nitrogens with one attached hydrogen (secondary N) is 1. The molecular formula is C21H35Cl2N3O2. The molecule has 7 heteroatoms. The van der Waals surface area contributed by atoms with Crippen LogP contribution in [0.3, 0.4) is 0 Å². The molecule has 5 nitrogen and oxygen atoms in total. The van der Waals surface area contributed by atoms with Gasteiger partial charge in [-0.3, -0.25) is 9.69 Å². The second-order valence-electron chi connectivity index (χ2n) is 8.45. The molecule has 1 aromatic carbocycles. The van der Waals surface area contributed by atoms with E-state index >= 15 is 0 Å². The van der Waals surface area contributed by atoms with Gasteiger partial charge in [0.1, 0.15) is 0 Å². The Labute approximate surface area is 181 Å². The lowest BCUT2D eigenvalue weighted by atomic mass is 9.74. The zero-order valence-corrected chi connectivity index (χ0v) is 18.8. The van der Waals surface area contributed by atoms with Crippen molar-refractivity contribution in [3.63, 3.8) is 0 Å². The fourth-order valence-corrected chi connectivity index (χ4v) is 4.44. The minimum Gasteiger partial charge on any atom is -0.373 e. The molecule has 3 rings (SSSR count). The highest BCUT2D eigenvalue weighted by Crippen LogP contribution is 2.32. The lowest BCUT2D eigenvalue weighted by molar-refractivity contribution is -0.122. The van der Waals surface area contributed by atoms with Crippen molar-refractivity contribution in [2.75, 3.05) is 18.4 Å². The molecule has 1 saturated heterocycles. The van der Waals surface area contributed by atoms with Crippen LogP contribution in [0.15, 0.2) is 24.3 Å². The van der Waals surface area contributed by atoms with Crippen LogP contribution in [0, 0.1) is 5.92 Å². The molecule has 3 N–H and O–H groups in total. The van der Waals surface area contributed by atoms with E-state index in [0.29, 0.717) is 0 Å². The summed E-state index contributed by atoms with van der Waals surface area (Å²) in [6, 6.07) is 8.18. The molecule has 160 valence electrons. The van der Waals surface area contributed by atoms with Gasteiger partial charge < -0.3 is 15.8 Å². The van der Waals surface area contributed by atoms with Gasteiger partial charge in [0.05, 0.1) is 18.1 Å². The molecule has 1 aliphatic heterocycles. The first kappa shape index (κ1) is 25.2. The lowest BCUT2D eigenvalue weighted by Crippen LogP contribution is -2.51. The molecule has 1 heterocycles. The minimum atomic E-state index is -0.403. The summed E-state index contributed by atoms with van der Waals surface area (Å²) in [5.74, 6) is -0.0543. The number of ether oxygens (including phenoxy) is 1. The van der Waals surface area contributed by atoms with Crippen LogP contribution in [0.4, 0.5) is 5.69 Å². The predicted octanol–water partition coefficient (Wildman–Crippen LogP) is 3.99. The summed E-state index contributed by atoms with van der Waals surface area (Å²) in [6.07, 6.45) is 4.51. The summed E-state index contributed by atoms with van der Waals surface area (Å²) >= 11 is 0. The van der Waals surface area contributed by atoms with Crippen LogP contribution < -0.4 is 11.1 Å². The Morgan fingerprint density at radius 2 is 1.93 bits per heavy atom. The zero-order chi connectivity index (χ0) is 18.7. The number of carbonyl (C=O) groups is 1. The monoisotopic (exact) mass is 431 g/mol. The number of morpholine rings is 1. The number of amides is 1. The summed E-state index contributed by atoms with van der Waals surface area (Å²) in [5, 5.41) is 3.10. The van der Waals surface area contributed by atoms with Crippen molar-refractivity contribution in [3.8, 4) is 0 Å². The average Bonchev–Trinajstić information content (AvgIpc) is 2.53. The van der Waals surface area contributed by atoms with Gasteiger partial charge in [-0.05, 0) is 51.3 Å². The van der Waals surface area contributed by atoms with Crippen LogP contribution in [-0.4, -0.2) is 41.6 Å². The number of benzene rings is 1. The van der Waals surface area contributed by atoms with Crippen molar-refractivity contribution in [1.82, 2.24) is 4.90 Å². The van der Waals surface area contributed by atoms with Crippen molar-refractivity contribution in [2.24, 2.45) is 11.7 Å². The van der Waals surface area contributed by atoms with Gasteiger partial charge in [0.15, 0.2) is 0 Å². The number of hydrogen-bond donors (Lipinski definition) is 2. The third-order valence-electron chi connectivity index (χ3n) is 5.67. The Kier molecular flexibility index (Phi) is 9.71. The maximum Gasteiger partial charge on any atom is 0.229 e. The third kappa shape index (κ3) is 6.60. The Balaban J connectivity index is 0.00000196. The van der Waals surface area contributed by atoms with E-state index in [2.05, 4.69) is 36.2 Å². The van der Waals surface area contributed by atoms with E-state index < -0.39 is 5.54 Å². The van der Waals surface area contributed by atoms with Gasteiger partial charge in [-0.15, -0.1) is 24.8 Å². The molecule has 1 aliphatic carbocycles. The first-order valence-corrected chi connectivity index (χ1v) is 9.90. The van der Waals surface area contributed by atoms with Gasteiger partial charge in [-0.1, -0.05) is 25.0 Å². The van der Waals surface area contributed by atoms with Crippen molar-refractivity contribution < 1.29 is 9.53 Å². The van der Waals surface area contributed by atoms with Crippen molar-refractivity contribution >= 4 is 36.4 Å². The van der Waals surface area contributed by atoms with Crippen LogP contribution in [-0.2, 0) is 16.1 Å². The highest BCUT2D eigenvalue weighted by atomic mass is 35.5. The summed E-state index contributed by atoms with van der Waals surface area (Å²) in [7, 11) is 0. The Morgan fingerprint density at radius 3 is 2.57 bits per heavy atom. The lowest BCUT2D eigenvalue weighted by Gasteiger charge is -2.37. The van der Waals surface area contributed by atoms with E-state index in [9.17, 15) is 4.79 Å². The van der Waals surface area contributed by atoms with E-state index in [1.54, 1.807) is 0 Å². The van der Waals surface area contributed by atoms with Gasteiger partial charge in [0.25, 0.3) is 0 Å². The van der Waals surface area contributed by atoms with Crippen LogP contribution >= 0.6 is 24.8 Å². The summed E-state index contributed by atoms with van der Waals surface area (Å²) in [5.41, 5.74) is 8.05. The Bertz CT molecular complexity index is 632. The number of carbonyl (C=O) groups excluding carboxylic acids is 1. The first-order chi connectivity index (χ1) is 12.3. The highest BCUT2D eigenvalue weighted by molar-refractivity contribution is 5.93. The molecule has 0 spiro atoms. The summed E-state index contributed by atoms with van der Waals surface area (Å²) < 4.78 is 5.81. The van der Waals surface area contributed by atoms with Crippen molar-refractivity contribution in [1.29, 1.82) is 0 Å². The van der Waals surface area contributed by atoms with Crippen molar-refractivity contribution in [3.05, 3.63) is 29.8 Å². The zero-order valence-electron chi connectivity index (χ0n) is 17.1. The number of halogens is 2. The molecule has 1 aromatic rings. The topological polar surface area (TPSA) is 67.6 Å². The summed E-state index contributed by atoms with van der Waals surface area (Å²) in [6.45, 7) is 9.00. The number of rotatable bonds is 4. The Morgan fingerprint density at radius 1 is 1.25 bits per heavy atom. The molecule has 0 aromatic heterocycles. The van der Waals surface area contributed by atoms with E-state index in [1.165, 1.54) is 5.56 Å². The highest BCUT2D eigenvalue weighted by Gasteiger charge is 2.37. The fourth-order valence-electron chi connectivity index (χ4n) is 4.44. The van der Waals surface area contributed by atoms with E-state index in [0.717, 1.165) is 51.0 Å². The minimum absolute atomic E-state index is 0. The molecule has 0 bridgehead atoms. The average molecular weight is 432 g/mol. The number of nitrogens with zero attached hydrogens (tertiary/aromatic N) is 1. The van der Waals surface area contributed by atoms with Crippen LogP contribution in [0.2, 0.25) is 0 Å². The van der Waals surface area contributed by atoms with Gasteiger partial charge >= 0.3 is 0 Å². The van der Waals surface area contributed by atoms with Gasteiger partial charge in [-0.2, -0.15) is 0 Å². The summed E-state index contributed by atoms with van der Waals surface area (Å²) in [4.78, 5) is 15.2. The van der Waals surface area contributed by atoms with Gasteiger partial charge in [-0.25, -0.2) is 0 Å². The second kappa shape index (κ2) is 10.8. The Hall–Kier alpha value is -0.850. The molecule has 1 amide bonds. The van der Waals surface area contributed by atoms with Gasteiger partial charge in [0, 0.05) is 30.9 Å². The van der Waals surface area contributed by atoms with E-state index in [-0.39, 0.29) is 48.8 Å². The fraction of sp³-hybridized carbons (Fsp3) is 0.667. The molecule has 2 fully saturated rings.